The summed E-state index contributed by atoms with van der Waals surface area (Å²) in [6.45, 7) is 0.292. The Kier molecular flexibility index (Phi) is 4.32. The number of hydrogen-bond acceptors (Lipinski definition) is 2. The fraction of sp³-hybridized carbons (Fsp3) is 0.429. The second kappa shape index (κ2) is 5.98. The van der Waals surface area contributed by atoms with Crippen molar-refractivity contribution < 1.29 is 23.5 Å². The van der Waals surface area contributed by atoms with Crippen molar-refractivity contribution in [1.82, 2.24) is 5.32 Å². The van der Waals surface area contributed by atoms with Crippen molar-refractivity contribution in [1.29, 1.82) is 0 Å². The Morgan fingerprint density at radius 1 is 1.35 bits per heavy atom. The Bertz CT molecular complexity index is 533. The summed E-state index contributed by atoms with van der Waals surface area (Å²) in [5, 5.41) is 11.1. The minimum atomic E-state index is -0.906. The monoisotopic (exact) mass is 283 g/mol. The first-order valence-electron chi connectivity index (χ1n) is 6.43. The fourth-order valence-electron chi connectivity index (χ4n) is 2.21. The van der Waals surface area contributed by atoms with Crippen LogP contribution in [0.3, 0.4) is 0 Å². The number of nitrogens with one attached hydrogen (secondary N) is 1. The van der Waals surface area contributed by atoms with Gasteiger partial charge in [0.25, 0.3) is 0 Å². The number of carbonyl (C=O) groups is 2. The molecule has 1 saturated carbocycles. The maximum atomic E-state index is 13.5. The van der Waals surface area contributed by atoms with E-state index in [0.29, 0.717) is 24.9 Å². The van der Waals surface area contributed by atoms with Crippen molar-refractivity contribution in [3.63, 3.8) is 0 Å². The van der Waals surface area contributed by atoms with E-state index in [1.807, 2.05) is 0 Å². The number of benzene rings is 1. The highest BCUT2D eigenvalue weighted by molar-refractivity contribution is 5.82. The third kappa shape index (κ3) is 3.53. The summed E-state index contributed by atoms with van der Waals surface area (Å²) in [6, 6.07) is 3.36. The van der Waals surface area contributed by atoms with E-state index < -0.39 is 17.6 Å². The Hall–Kier alpha value is -1.98. The van der Waals surface area contributed by atoms with Gasteiger partial charge in [0.2, 0.25) is 5.91 Å². The van der Waals surface area contributed by atoms with Crippen LogP contribution >= 0.6 is 0 Å². The maximum absolute atomic E-state index is 13.5. The van der Waals surface area contributed by atoms with Crippen LogP contribution in [-0.4, -0.2) is 23.5 Å². The third-order valence-electron chi connectivity index (χ3n) is 3.36. The molecule has 1 amide bonds. The zero-order valence-corrected chi connectivity index (χ0v) is 10.7. The Labute approximate surface area is 114 Å². The summed E-state index contributed by atoms with van der Waals surface area (Å²) in [5.41, 5.74) is 0.358. The Morgan fingerprint density at radius 2 is 2.10 bits per heavy atom. The highest BCUT2D eigenvalue weighted by Crippen LogP contribution is 2.48. The standard InChI is InChI=1S/C14H15F2NO3/c15-8-3-4-9(12(16)6-8)10-7-11(10)14(20)17-5-1-2-13(18)19/h3-4,6,10-11H,1-2,5,7H2,(H,17,20)(H,18,19)/t10-,11-/m1/s1. The van der Waals surface area contributed by atoms with Gasteiger partial charge in [-0.2, -0.15) is 0 Å². The van der Waals surface area contributed by atoms with Crippen LogP contribution in [0.5, 0.6) is 0 Å². The second-order valence-electron chi connectivity index (χ2n) is 4.90. The normalized spacial score (nSPS) is 20.5. The zero-order chi connectivity index (χ0) is 14.7. The van der Waals surface area contributed by atoms with Crippen LogP contribution in [0, 0.1) is 17.6 Å². The van der Waals surface area contributed by atoms with E-state index in [-0.39, 0.29) is 24.2 Å². The molecular weight excluding hydrogens is 268 g/mol. The van der Waals surface area contributed by atoms with Crippen molar-refractivity contribution in [2.24, 2.45) is 5.92 Å². The first-order valence-corrected chi connectivity index (χ1v) is 6.43. The average Bonchev–Trinajstić information content (AvgIpc) is 3.14. The SMILES string of the molecule is O=C(O)CCCNC(=O)[C@@H]1C[C@@H]1c1ccc(F)cc1F. The molecule has 0 spiro atoms. The van der Waals surface area contributed by atoms with Gasteiger partial charge in [0, 0.05) is 24.9 Å². The molecule has 2 atom stereocenters. The van der Waals surface area contributed by atoms with Gasteiger partial charge in [-0.3, -0.25) is 9.59 Å². The predicted molar refractivity (Wildman–Crippen MR) is 67.1 cm³/mol. The van der Waals surface area contributed by atoms with Gasteiger partial charge in [0.1, 0.15) is 11.6 Å². The van der Waals surface area contributed by atoms with E-state index in [4.69, 9.17) is 5.11 Å². The molecule has 1 aliphatic carbocycles. The average molecular weight is 283 g/mol. The van der Waals surface area contributed by atoms with E-state index in [0.717, 1.165) is 6.07 Å². The van der Waals surface area contributed by atoms with E-state index in [2.05, 4.69) is 5.32 Å². The molecule has 0 saturated heterocycles. The lowest BCUT2D eigenvalue weighted by Gasteiger charge is -2.05. The molecule has 0 aliphatic heterocycles. The van der Waals surface area contributed by atoms with Gasteiger partial charge < -0.3 is 10.4 Å². The minimum absolute atomic E-state index is 0.000958. The van der Waals surface area contributed by atoms with Gasteiger partial charge in [-0.25, -0.2) is 8.78 Å². The molecule has 4 nitrogen and oxygen atoms in total. The van der Waals surface area contributed by atoms with Crippen LogP contribution in [0.2, 0.25) is 0 Å². The molecule has 20 heavy (non-hydrogen) atoms. The molecular formula is C14H15F2NO3. The molecule has 1 aromatic carbocycles. The summed E-state index contributed by atoms with van der Waals surface area (Å²) in [4.78, 5) is 22.1. The van der Waals surface area contributed by atoms with Crippen LogP contribution in [0.15, 0.2) is 18.2 Å². The molecule has 2 rings (SSSR count). The smallest absolute Gasteiger partial charge is 0.303 e. The largest absolute Gasteiger partial charge is 0.481 e. The number of carbonyl (C=O) groups excluding carboxylic acids is 1. The number of carboxylic acid groups (broad SMARTS) is 1. The van der Waals surface area contributed by atoms with Gasteiger partial charge in [-0.05, 0) is 30.4 Å². The van der Waals surface area contributed by atoms with Gasteiger partial charge in [-0.1, -0.05) is 6.07 Å². The number of hydrogen-bond donors (Lipinski definition) is 2. The van der Waals surface area contributed by atoms with Crippen LogP contribution < -0.4 is 5.32 Å². The van der Waals surface area contributed by atoms with Crippen molar-refractivity contribution in [2.75, 3.05) is 6.54 Å². The second-order valence-corrected chi connectivity index (χ2v) is 4.90. The van der Waals surface area contributed by atoms with Gasteiger partial charge in [0.15, 0.2) is 0 Å². The Balaban J connectivity index is 1.82. The van der Waals surface area contributed by atoms with Crippen LogP contribution in [0.25, 0.3) is 0 Å². The molecule has 2 N–H and O–H groups in total. The lowest BCUT2D eigenvalue weighted by molar-refractivity contribution is -0.137. The van der Waals surface area contributed by atoms with Crippen LogP contribution in [0.4, 0.5) is 8.78 Å². The molecule has 0 bridgehead atoms. The quantitative estimate of drug-likeness (QED) is 0.785. The Morgan fingerprint density at radius 3 is 2.75 bits per heavy atom. The van der Waals surface area contributed by atoms with Gasteiger partial charge >= 0.3 is 5.97 Å². The molecule has 0 unspecified atom stereocenters. The molecule has 0 heterocycles. The molecule has 1 fully saturated rings. The van der Waals surface area contributed by atoms with E-state index in [1.165, 1.54) is 12.1 Å². The molecule has 0 radical (unpaired) electrons. The fourth-order valence-corrected chi connectivity index (χ4v) is 2.21. The molecule has 1 aliphatic rings. The van der Waals surface area contributed by atoms with E-state index in [1.54, 1.807) is 0 Å². The van der Waals surface area contributed by atoms with Crippen LogP contribution in [0.1, 0.15) is 30.7 Å². The number of carboxylic acids is 1. The van der Waals surface area contributed by atoms with E-state index >= 15 is 0 Å². The third-order valence-corrected chi connectivity index (χ3v) is 3.36. The minimum Gasteiger partial charge on any atom is -0.481 e. The lowest BCUT2D eigenvalue weighted by Crippen LogP contribution is -2.26. The number of halogens is 2. The summed E-state index contributed by atoms with van der Waals surface area (Å²) in [7, 11) is 0. The van der Waals surface area contributed by atoms with Gasteiger partial charge in [-0.15, -0.1) is 0 Å². The van der Waals surface area contributed by atoms with Crippen molar-refractivity contribution in [3.8, 4) is 0 Å². The summed E-state index contributed by atoms with van der Waals surface area (Å²) in [6.07, 6.45) is 0.900. The molecule has 6 heteroatoms. The van der Waals surface area contributed by atoms with Crippen molar-refractivity contribution in [2.45, 2.75) is 25.2 Å². The zero-order valence-electron chi connectivity index (χ0n) is 10.7. The van der Waals surface area contributed by atoms with Crippen molar-refractivity contribution >= 4 is 11.9 Å². The first-order chi connectivity index (χ1) is 9.49. The van der Waals surface area contributed by atoms with Gasteiger partial charge in [0.05, 0.1) is 0 Å². The molecule has 0 aromatic heterocycles. The summed E-state index contributed by atoms with van der Waals surface area (Å²) < 4.78 is 26.3. The highest BCUT2D eigenvalue weighted by atomic mass is 19.1. The number of amides is 1. The first kappa shape index (κ1) is 14.4. The predicted octanol–water partition coefficient (Wildman–Crippen LogP) is 2.05. The molecule has 108 valence electrons. The molecule has 1 aromatic rings. The summed E-state index contributed by atoms with van der Waals surface area (Å²) in [5.74, 6) is -2.89. The van der Waals surface area contributed by atoms with Crippen LogP contribution in [-0.2, 0) is 9.59 Å². The number of aliphatic carboxylic acids is 1. The lowest BCUT2D eigenvalue weighted by atomic mass is 10.1. The highest BCUT2D eigenvalue weighted by Gasteiger charge is 2.45. The number of rotatable bonds is 6. The summed E-state index contributed by atoms with van der Waals surface area (Å²) >= 11 is 0. The maximum Gasteiger partial charge on any atom is 0.303 e. The topological polar surface area (TPSA) is 66.4 Å². The van der Waals surface area contributed by atoms with Crippen molar-refractivity contribution in [3.05, 3.63) is 35.4 Å². The van der Waals surface area contributed by atoms with E-state index in [9.17, 15) is 18.4 Å².